The Bertz CT molecular complexity index is 1010. The Labute approximate surface area is 177 Å². The Morgan fingerprint density at radius 3 is 2.20 bits per heavy atom. The number of anilines is 1. The Hall–Kier alpha value is -2.67. The van der Waals surface area contributed by atoms with Gasteiger partial charge in [-0.3, -0.25) is 9.59 Å². The van der Waals surface area contributed by atoms with Gasteiger partial charge in [0, 0.05) is 17.7 Å². The molecule has 1 saturated heterocycles. The minimum Gasteiger partial charge on any atom is -0.427 e. The number of aryl methyl sites for hydroxylation is 2. The summed E-state index contributed by atoms with van der Waals surface area (Å²) in [7, 11) is -3.02. The van der Waals surface area contributed by atoms with E-state index in [0.717, 1.165) is 29.7 Å². The van der Waals surface area contributed by atoms with Gasteiger partial charge in [-0.15, -0.1) is 0 Å². The molecule has 2 aromatic carbocycles. The van der Waals surface area contributed by atoms with Gasteiger partial charge in [-0.1, -0.05) is 32.0 Å². The van der Waals surface area contributed by atoms with Crippen LogP contribution in [0.5, 0.6) is 5.75 Å². The number of hydrogen-bond acceptors (Lipinski definition) is 5. The van der Waals surface area contributed by atoms with Gasteiger partial charge in [-0.2, -0.15) is 0 Å². The van der Waals surface area contributed by atoms with E-state index in [1.807, 2.05) is 18.2 Å². The molecule has 1 heterocycles. The van der Waals surface area contributed by atoms with Gasteiger partial charge in [0.2, 0.25) is 0 Å². The molecule has 2 aromatic rings. The van der Waals surface area contributed by atoms with Crippen LogP contribution in [0, 0.1) is 5.92 Å². The molecule has 30 heavy (non-hydrogen) atoms. The standard InChI is InChI=1S/C23H27NO5S/c1-3-17-6-5-7-18(4-2)22(17)24-23(26)19-8-10-20(11-9-19)29-21(25)14-16-12-13-30(27,28)15-16/h5-11,16H,3-4,12-15H2,1-2H3,(H,24,26)/t16-/m1/s1. The Balaban J connectivity index is 1.62. The molecule has 0 saturated carbocycles. The van der Waals surface area contributed by atoms with Crippen molar-refractivity contribution in [3.63, 3.8) is 0 Å². The van der Waals surface area contributed by atoms with Crippen molar-refractivity contribution in [1.82, 2.24) is 0 Å². The van der Waals surface area contributed by atoms with Crippen molar-refractivity contribution in [3.8, 4) is 5.75 Å². The van der Waals surface area contributed by atoms with Crippen molar-refractivity contribution >= 4 is 27.4 Å². The van der Waals surface area contributed by atoms with E-state index in [9.17, 15) is 18.0 Å². The predicted octanol–water partition coefficient (Wildman–Crippen LogP) is 3.79. The number of sulfone groups is 1. The lowest BCUT2D eigenvalue weighted by Gasteiger charge is -2.14. The van der Waals surface area contributed by atoms with Crippen molar-refractivity contribution in [1.29, 1.82) is 0 Å². The lowest BCUT2D eigenvalue weighted by Crippen LogP contribution is -2.16. The molecule has 0 radical (unpaired) electrons. The van der Waals surface area contributed by atoms with E-state index in [4.69, 9.17) is 4.74 Å². The van der Waals surface area contributed by atoms with Crippen LogP contribution in [0.3, 0.4) is 0 Å². The summed E-state index contributed by atoms with van der Waals surface area (Å²) in [5.41, 5.74) is 3.49. The van der Waals surface area contributed by atoms with Crippen molar-refractivity contribution in [2.24, 2.45) is 5.92 Å². The molecule has 3 rings (SSSR count). The summed E-state index contributed by atoms with van der Waals surface area (Å²) in [4.78, 5) is 24.8. The molecular formula is C23H27NO5S. The zero-order valence-corrected chi connectivity index (χ0v) is 18.1. The zero-order chi connectivity index (χ0) is 21.7. The molecule has 1 aliphatic rings. The molecule has 0 spiro atoms. The second-order valence-electron chi connectivity index (χ2n) is 7.58. The molecule has 0 aliphatic carbocycles. The quantitative estimate of drug-likeness (QED) is 0.534. The first kappa shape index (κ1) is 22.0. The van der Waals surface area contributed by atoms with Crippen LogP contribution in [0.15, 0.2) is 42.5 Å². The first-order valence-electron chi connectivity index (χ1n) is 10.2. The van der Waals surface area contributed by atoms with Gasteiger partial charge in [-0.05, 0) is 60.6 Å². The van der Waals surface area contributed by atoms with Crippen molar-refractivity contribution in [2.75, 3.05) is 16.8 Å². The van der Waals surface area contributed by atoms with E-state index in [1.165, 1.54) is 0 Å². The highest BCUT2D eigenvalue weighted by atomic mass is 32.2. The Morgan fingerprint density at radius 1 is 1.03 bits per heavy atom. The monoisotopic (exact) mass is 429 g/mol. The Kier molecular flexibility index (Phi) is 6.92. The van der Waals surface area contributed by atoms with Gasteiger partial charge in [-0.25, -0.2) is 8.42 Å². The number of carbonyl (C=O) groups is 2. The molecule has 6 nitrogen and oxygen atoms in total. The number of ether oxygens (including phenoxy) is 1. The van der Waals surface area contributed by atoms with Crippen LogP contribution in [0.4, 0.5) is 5.69 Å². The van der Waals surface area contributed by atoms with Gasteiger partial charge in [0.1, 0.15) is 5.75 Å². The highest BCUT2D eigenvalue weighted by Gasteiger charge is 2.30. The van der Waals surface area contributed by atoms with Crippen molar-refractivity contribution in [3.05, 3.63) is 59.2 Å². The van der Waals surface area contributed by atoms with Crippen LogP contribution in [-0.4, -0.2) is 31.8 Å². The third kappa shape index (κ3) is 5.48. The third-order valence-electron chi connectivity index (χ3n) is 5.37. The first-order valence-corrected chi connectivity index (χ1v) is 12.1. The first-order chi connectivity index (χ1) is 14.3. The normalized spacial score (nSPS) is 17.5. The van der Waals surface area contributed by atoms with Crippen LogP contribution in [0.2, 0.25) is 0 Å². The van der Waals surface area contributed by atoms with Gasteiger partial charge < -0.3 is 10.1 Å². The van der Waals surface area contributed by atoms with Gasteiger partial charge >= 0.3 is 5.97 Å². The summed E-state index contributed by atoms with van der Waals surface area (Å²) in [6, 6.07) is 12.4. The second-order valence-corrected chi connectivity index (χ2v) is 9.81. The lowest BCUT2D eigenvalue weighted by atomic mass is 10.0. The van der Waals surface area contributed by atoms with Crippen LogP contribution < -0.4 is 10.1 Å². The van der Waals surface area contributed by atoms with Gasteiger partial charge in [0.15, 0.2) is 9.84 Å². The molecule has 160 valence electrons. The lowest BCUT2D eigenvalue weighted by molar-refractivity contribution is -0.135. The fraction of sp³-hybridized carbons (Fsp3) is 0.391. The SMILES string of the molecule is CCc1cccc(CC)c1NC(=O)c1ccc(OC(=O)C[C@H]2CCS(=O)(=O)C2)cc1. The maximum absolute atomic E-state index is 12.7. The van der Waals surface area contributed by atoms with E-state index in [1.54, 1.807) is 24.3 Å². The third-order valence-corrected chi connectivity index (χ3v) is 7.20. The fourth-order valence-electron chi connectivity index (χ4n) is 3.70. The van der Waals surface area contributed by atoms with Crippen LogP contribution in [-0.2, 0) is 27.5 Å². The predicted molar refractivity (Wildman–Crippen MR) is 117 cm³/mol. The van der Waals surface area contributed by atoms with E-state index in [0.29, 0.717) is 17.7 Å². The number of para-hydroxylation sites is 1. The smallest absolute Gasteiger partial charge is 0.311 e. The van der Waals surface area contributed by atoms with Crippen LogP contribution in [0.1, 0.15) is 48.2 Å². The molecule has 1 atom stereocenters. The topological polar surface area (TPSA) is 89.5 Å². The molecule has 0 bridgehead atoms. The Morgan fingerprint density at radius 2 is 1.67 bits per heavy atom. The maximum atomic E-state index is 12.7. The fourth-order valence-corrected chi connectivity index (χ4v) is 5.57. The number of esters is 1. The molecule has 1 amide bonds. The average Bonchev–Trinajstić information content (AvgIpc) is 3.06. The molecule has 1 fully saturated rings. The summed E-state index contributed by atoms with van der Waals surface area (Å²) >= 11 is 0. The molecule has 7 heteroatoms. The number of amides is 1. The number of carbonyl (C=O) groups excluding carboxylic acids is 2. The van der Waals surface area contributed by atoms with Crippen molar-refractivity contribution < 1.29 is 22.7 Å². The number of rotatable bonds is 7. The highest BCUT2D eigenvalue weighted by Crippen LogP contribution is 2.25. The number of hydrogen-bond donors (Lipinski definition) is 1. The number of benzene rings is 2. The van der Waals surface area contributed by atoms with Gasteiger partial charge in [0.25, 0.3) is 5.91 Å². The van der Waals surface area contributed by atoms with E-state index < -0.39 is 15.8 Å². The van der Waals surface area contributed by atoms with Crippen LogP contribution in [0.25, 0.3) is 0 Å². The molecular weight excluding hydrogens is 402 g/mol. The van der Waals surface area contributed by atoms with Crippen molar-refractivity contribution in [2.45, 2.75) is 39.5 Å². The average molecular weight is 430 g/mol. The summed E-state index contributed by atoms with van der Waals surface area (Å²) < 4.78 is 28.3. The highest BCUT2D eigenvalue weighted by molar-refractivity contribution is 7.91. The largest absolute Gasteiger partial charge is 0.427 e. The number of nitrogens with one attached hydrogen (secondary N) is 1. The molecule has 1 aliphatic heterocycles. The summed E-state index contributed by atoms with van der Waals surface area (Å²) in [5.74, 6) is -0.353. The second kappa shape index (κ2) is 9.43. The van der Waals surface area contributed by atoms with Crippen LogP contribution >= 0.6 is 0 Å². The van der Waals surface area contributed by atoms with E-state index >= 15 is 0 Å². The van der Waals surface area contributed by atoms with E-state index in [-0.39, 0.29) is 29.8 Å². The summed E-state index contributed by atoms with van der Waals surface area (Å²) in [6.45, 7) is 4.10. The maximum Gasteiger partial charge on any atom is 0.311 e. The minimum absolute atomic E-state index is 0.0419. The van der Waals surface area contributed by atoms with E-state index in [2.05, 4.69) is 19.2 Å². The molecule has 0 unspecified atom stereocenters. The molecule has 1 N–H and O–H groups in total. The minimum atomic E-state index is -3.02. The zero-order valence-electron chi connectivity index (χ0n) is 17.3. The summed E-state index contributed by atoms with van der Waals surface area (Å²) in [5, 5.41) is 3.01. The summed E-state index contributed by atoms with van der Waals surface area (Å²) in [6.07, 6.45) is 2.21. The van der Waals surface area contributed by atoms with Gasteiger partial charge in [0.05, 0.1) is 11.5 Å². The molecule has 0 aromatic heterocycles.